The number of ether oxygens (including phenoxy) is 1. The van der Waals surface area contributed by atoms with Gasteiger partial charge in [0.2, 0.25) is 0 Å². The maximum absolute atomic E-state index is 5.79. The van der Waals surface area contributed by atoms with Gasteiger partial charge in [0, 0.05) is 33.7 Å². The molecule has 140 valence electrons. The highest BCUT2D eigenvalue weighted by Gasteiger charge is 2.22. The highest BCUT2D eigenvalue weighted by Crippen LogP contribution is 2.46. The second kappa shape index (κ2) is 8.30. The summed E-state index contributed by atoms with van der Waals surface area (Å²) in [7, 11) is 4.18. The molecule has 2 aromatic carbocycles. The fraction of sp³-hybridized carbons (Fsp3) is 0.318. The first-order valence-corrected chi connectivity index (χ1v) is 10.2. The van der Waals surface area contributed by atoms with E-state index >= 15 is 0 Å². The minimum atomic E-state index is 0.687. The van der Waals surface area contributed by atoms with Gasteiger partial charge >= 0.3 is 0 Å². The molecule has 3 aromatic rings. The van der Waals surface area contributed by atoms with E-state index in [1.54, 1.807) is 0 Å². The fourth-order valence-corrected chi connectivity index (χ4v) is 4.42. The first-order chi connectivity index (χ1) is 13.2. The van der Waals surface area contributed by atoms with Crippen LogP contribution in [0.2, 0.25) is 0 Å². The molecule has 0 spiro atoms. The Morgan fingerprint density at radius 2 is 1.63 bits per heavy atom. The van der Waals surface area contributed by atoms with Crippen LogP contribution in [-0.2, 0) is 11.3 Å². The number of aromatic nitrogens is 2. The molecule has 0 saturated heterocycles. The molecular weight excluding hydrogens is 354 g/mol. The van der Waals surface area contributed by atoms with Crippen LogP contribution in [0.4, 0.5) is 0 Å². The van der Waals surface area contributed by atoms with Gasteiger partial charge in [-0.05, 0) is 44.8 Å². The van der Waals surface area contributed by atoms with Crippen LogP contribution in [0.1, 0.15) is 6.42 Å². The molecule has 0 bridgehead atoms. The van der Waals surface area contributed by atoms with Crippen LogP contribution >= 0.6 is 11.8 Å². The highest BCUT2D eigenvalue weighted by molar-refractivity contribution is 7.99. The summed E-state index contributed by atoms with van der Waals surface area (Å²) in [6.07, 6.45) is 3.22. The van der Waals surface area contributed by atoms with Crippen molar-refractivity contribution < 1.29 is 4.74 Å². The molecule has 4 nitrogen and oxygen atoms in total. The molecule has 27 heavy (non-hydrogen) atoms. The van der Waals surface area contributed by atoms with Gasteiger partial charge in [0.25, 0.3) is 0 Å². The van der Waals surface area contributed by atoms with Gasteiger partial charge in [-0.2, -0.15) is 5.10 Å². The van der Waals surface area contributed by atoms with Crippen molar-refractivity contribution in [3.8, 4) is 22.4 Å². The van der Waals surface area contributed by atoms with Gasteiger partial charge in [-0.25, -0.2) is 0 Å². The Kier molecular flexibility index (Phi) is 5.62. The van der Waals surface area contributed by atoms with Crippen molar-refractivity contribution in [1.29, 1.82) is 0 Å². The van der Waals surface area contributed by atoms with Crippen LogP contribution in [-0.4, -0.2) is 48.5 Å². The molecule has 1 aliphatic heterocycles. The molecule has 0 amide bonds. The summed E-state index contributed by atoms with van der Waals surface area (Å²) >= 11 is 1.82. The monoisotopic (exact) mass is 379 g/mol. The van der Waals surface area contributed by atoms with Crippen molar-refractivity contribution in [2.75, 3.05) is 33.9 Å². The number of rotatable bonds is 7. The van der Waals surface area contributed by atoms with E-state index in [9.17, 15) is 0 Å². The van der Waals surface area contributed by atoms with Gasteiger partial charge in [-0.3, -0.25) is 4.68 Å². The van der Waals surface area contributed by atoms with Crippen LogP contribution in [0.3, 0.4) is 0 Å². The molecule has 0 aliphatic carbocycles. The molecule has 0 atom stereocenters. The molecule has 1 aromatic heterocycles. The van der Waals surface area contributed by atoms with E-state index in [2.05, 4.69) is 73.7 Å². The second-order valence-corrected chi connectivity index (χ2v) is 8.10. The van der Waals surface area contributed by atoms with Crippen molar-refractivity contribution in [2.24, 2.45) is 0 Å². The Morgan fingerprint density at radius 3 is 2.41 bits per heavy atom. The lowest BCUT2D eigenvalue weighted by atomic mass is 10.0. The molecule has 5 heteroatoms. The summed E-state index contributed by atoms with van der Waals surface area (Å²) in [6.45, 7) is 3.31. The molecule has 0 fully saturated rings. The molecule has 0 unspecified atom stereocenters. The SMILES string of the molecule is CN(C)CCCOCCn1cc2c(n1)-c1ccccc1Sc1ccccc1-2. The van der Waals surface area contributed by atoms with Crippen LogP contribution in [0, 0.1) is 0 Å². The van der Waals surface area contributed by atoms with Crippen molar-refractivity contribution in [3.63, 3.8) is 0 Å². The summed E-state index contributed by atoms with van der Waals surface area (Å²) in [5.41, 5.74) is 4.73. The smallest absolute Gasteiger partial charge is 0.101 e. The third kappa shape index (κ3) is 4.10. The minimum Gasteiger partial charge on any atom is -0.379 e. The normalized spacial score (nSPS) is 12.4. The topological polar surface area (TPSA) is 30.3 Å². The Morgan fingerprint density at radius 1 is 0.926 bits per heavy atom. The van der Waals surface area contributed by atoms with Gasteiger partial charge in [0.05, 0.1) is 13.2 Å². The molecule has 0 saturated carbocycles. The van der Waals surface area contributed by atoms with Gasteiger partial charge < -0.3 is 9.64 Å². The molecule has 0 N–H and O–H groups in total. The van der Waals surface area contributed by atoms with Crippen molar-refractivity contribution >= 4 is 11.8 Å². The lowest BCUT2D eigenvalue weighted by Crippen LogP contribution is -2.15. The summed E-state index contributed by atoms with van der Waals surface area (Å²) < 4.78 is 7.82. The zero-order valence-electron chi connectivity index (χ0n) is 15.9. The first-order valence-electron chi connectivity index (χ1n) is 9.39. The number of hydrogen-bond donors (Lipinski definition) is 0. The highest BCUT2D eigenvalue weighted by atomic mass is 32.2. The number of benzene rings is 2. The van der Waals surface area contributed by atoms with E-state index in [0.717, 1.165) is 31.8 Å². The maximum Gasteiger partial charge on any atom is 0.101 e. The average Bonchev–Trinajstić information content (AvgIpc) is 3.04. The second-order valence-electron chi connectivity index (χ2n) is 7.02. The Bertz CT molecular complexity index is 856. The standard InChI is InChI=1S/C22H25N3OS/c1-24(2)12-7-14-26-15-13-25-16-19-17-8-3-5-10-20(17)27-21-11-6-4-9-18(21)22(19)23-25/h3-6,8-11,16H,7,12-15H2,1-2H3. The number of hydrogen-bond acceptors (Lipinski definition) is 4. The zero-order chi connectivity index (χ0) is 18.6. The van der Waals surface area contributed by atoms with E-state index in [1.807, 2.05) is 16.4 Å². The van der Waals surface area contributed by atoms with E-state index in [4.69, 9.17) is 9.84 Å². The summed E-state index contributed by atoms with van der Waals surface area (Å²) in [5.74, 6) is 0. The number of nitrogens with zero attached hydrogens (tertiary/aromatic N) is 3. The third-order valence-electron chi connectivity index (χ3n) is 4.66. The van der Waals surface area contributed by atoms with Crippen LogP contribution < -0.4 is 0 Å². The predicted molar refractivity (Wildman–Crippen MR) is 111 cm³/mol. The van der Waals surface area contributed by atoms with Crippen molar-refractivity contribution in [1.82, 2.24) is 14.7 Å². The van der Waals surface area contributed by atoms with E-state index in [-0.39, 0.29) is 0 Å². The van der Waals surface area contributed by atoms with Crippen molar-refractivity contribution in [2.45, 2.75) is 22.8 Å². The van der Waals surface area contributed by atoms with Crippen molar-refractivity contribution in [3.05, 3.63) is 54.7 Å². The summed E-state index contributed by atoms with van der Waals surface area (Å²) in [5, 5.41) is 4.91. The average molecular weight is 380 g/mol. The predicted octanol–water partition coefficient (Wildman–Crippen LogP) is 4.65. The minimum absolute atomic E-state index is 0.687. The Hall–Kier alpha value is -2.08. The van der Waals surface area contributed by atoms with E-state index in [0.29, 0.717) is 6.61 Å². The van der Waals surface area contributed by atoms with Gasteiger partial charge in [-0.15, -0.1) is 0 Å². The fourth-order valence-electron chi connectivity index (χ4n) is 3.32. The summed E-state index contributed by atoms with van der Waals surface area (Å²) in [4.78, 5) is 4.72. The number of fused-ring (bicyclic) bond motifs is 5. The maximum atomic E-state index is 5.79. The Balaban J connectivity index is 1.55. The van der Waals surface area contributed by atoms with E-state index in [1.165, 1.54) is 26.5 Å². The van der Waals surface area contributed by atoms with Gasteiger partial charge in [0.1, 0.15) is 5.69 Å². The van der Waals surface area contributed by atoms with Crippen LogP contribution in [0.25, 0.3) is 22.4 Å². The largest absolute Gasteiger partial charge is 0.379 e. The van der Waals surface area contributed by atoms with Gasteiger partial charge in [0.15, 0.2) is 0 Å². The summed E-state index contributed by atoms with van der Waals surface area (Å²) in [6, 6.07) is 17.1. The van der Waals surface area contributed by atoms with E-state index < -0.39 is 0 Å². The Labute approximate surface area is 165 Å². The molecular formula is C22H25N3OS. The molecule has 0 radical (unpaired) electrons. The lowest BCUT2D eigenvalue weighted by molar-refractivity contribution is 0.116. The zero-order valence-corrected chi connectivity index (χ0v) is 16.7. The lowest BCUT2D eigenvalue weighted by Gasteiger charge is -2.09. The molecule has 2 heterocycles. The molecule has 4 rings (SSSR count). The van der Waals surface area contributed by atoms with Crippen LogP contribution in [0.5, 0.6) is 0 Å². The van der Waals surface area contributed by atoms with Gasteiger partial charge in [-0.1, -0.05) is 48.2 Å². The molecule has 1 aliphatic rings. The third-order valence-corrected chi connectivity index (χ3v) is 5.81. The van der Waals surface area contributed by atoms with Crippen LogP contribution in [0.15, 0.2) is 64.5 Å². The quantitative estimate of drug-likeness (QED) is 0.437. The first kappa shape index (κ1) is 18.3.